The molecule has 3 rings (SSSR count). The van der Waals surface area contributed by atoms with E-state index in [4.69, 9.17) is 15.2 Å². The molecule has 1 amide bonds. The molecule has 1 aliphatic heterocycles. The predicted molar refractivity (Wildman–Crippen MR) is 88.2 cm³/mol. The van der Waals surface area contributed by atoms with Gasteiger partial charge < -0.3 is 20.5 Å². The largest absolute Gasteiger partial charge is 0.397 e. The lowest BCUT2D eigenvalue weighted by Gasteiger charge is -2.32. The summed E-state index contributed by atoms with van der Waals surface area (Å²) in [6.45, 7) is 1.48. The van der Waals surface area contributed by atoms with Gasteiger partial charge in [-0.1, -0.05) is 6.07 Å². The van der Waals surface area contributed by atoms with Crippen LogP contribution in [0.3, 0.4) is 0 Å². The number of nitrogens with one attached hydrogen (secondary N) is 1. The molecule has 3 heterocycles. The summed E-state index contributed by atoms with van der Waals surface area (Å²) >= 11 is 1.33. The van der Waals surface area contributed by atoms with Crippen LogP contribution in [0.5, 0.6) is 0 Å². The van der Waals surface area contributed by atoms with Crippen molar-refractivity contribution in [1.82, 2.24) is 10.3 Å². The Labute approximate surface area is 138 Å². The summed E-state index contributed by atoms with van der Waals surface area (Å²) < 4.78 is 11.4. The third kappa shape index (κ3) is 4.07. The van der Waals surface area contributed by atoms with Crippen molar-refractivity contribution in [2.75, 3.05) is 18.9 Å². The number of carbonyl (C=O) groups excluding carboxylic acids is 1. The number of hydrogen-bond acceptors (Lipinski definition) is 6. The highest BCUT2D eigenvalue weighted by Crippen LogP contribution is 2.20. The van der Waals surface area contributed by atoms with Crippen LogP contribution in [0.25, 0.3) is 0 Å². The van der Waals surface area contributed by atoms with Gasteiger partial charge in [0.1, 0.15) is 4.88 Å². The zero-order valence-electron chi connectivity index (χ0n) is 12.6. The SMILES string of the molecule is Nc1ccsc1C(=O)N[C@@H]1COCC[C@H]1OCc1ccccn1. The van der Waals surface area contributed by atoms with E-state index in [1.165, 1.54) is 11.3 Å². The third-order valence-electron chi connectivity index (χ3n) is 3.68. The lowest BCUT2D eigenvalue weighted by Crippen LogP contribution is -2.50. The molecule has 2 aromatic rings. The van der Waals surface area contributed by atoms with Gasteiger partial charge in [-0.05, 0) is 30.0 Å². The normalized spacial score (nSPS) is 21.0. The van der Waals surface area contributed by atoms with Gasteiger partial charge in [0, 0.05) is 12.8 Å². The number of ether oxygens (including phenoxy) is 2. The highest BCUT2D eigenvalue weighted by atomic mass is 32.1. The molecule has 23 heavy (non-hydrogen) atoms. The quantitative estimate of drug-likeness (QED) is 0.872. The molecule has 2 atom stereocenters. The summed E-state index contributed by atoms with van der Waals surface area (Å²) in [4.78, 5) is 17.1. The molecule has 1 fully saturated rings. The van der Waals surface area contributed by atoms with Crippen LogP contribution in [-0.2, 0) is 16.1 Å². The minimum Gasteiger partial charge on any atom is -0.397 e. The second kappa shape index (κ2) is 7.54. The molecule has 7 heteroatoms. The fourth-order valence-corrected chi connectivity index (χ4v) is 3.19. The van der Waals surface area contributed by atoms with Crippen LogP contribution in [0.1, 0.15) is 21.8 Å². The number of nitrogens with zero attached hydrogens (tertiary/aromatic N) is 1. The maximum atomic E-state index is 12.3. The summed E-state index contributed by atoms with van der Waals surface area (Å²) in [6.07, 6.45) is 2.37. The molecule has 122 valence electrons. The number of amides is 1. The monoisotopic (exact) mass is 333 g/mol. The Bertz CT molecular complexity index is 647. The molecule has 0 unspecified atom stereocenters. The maximum Gasteiger partial charge on any atom is 0.263 e. The van der Waals surface area contributed by atoms with Gasteiger partial charge in [0.25, 0.3) is 5.91 Å². The number of nitrogen functional groups attached to an aromatic ring is 1. The van der Waals surface area contributed by atoms with Gasteiger partial charge in [0.15, 0.2) is 0 Å². The Morgan fingerprint density at radius 1 is 1.48 bits per heavy atom. The first-order chi connectivity index (χ1) is 11.2. The lowest BCUT2D eigenvalue weighted by molar-refractivity contribution is -0.0612. The highest BCUT2D eigenvalue weighted by Gasteiger charge is 2.29. The first-order valence-corrected chi connectivity index (χ1v) is 8.35. The smallest absolute Gasteiger partial charge is 0.263 e. The van der Waals surface area contributed by atoms with Gasteiger partial charge in [-0.3, -0.25) is 9.78 Å². The fourth-order valence-electron chi connectivity index (χ4n) is 2.47. The average Bonchev–Trinajstić information content (AvgIpc) is 3.01. The summed E-state index contributed by atoms with van der Waals surface area (Å²) in [5.41, 5.74) is 7.16. The van der Waals surface area contributed by atoms with E-state index >= 15 is 0 Å². The zero-order valence-corrected chi connectivity index (χ0v) is 13.4. The maximum absolute atomic E-state index is 12.3. The van der Waals surface area contributed by atoms with Gasteiger partial charge >= 0.3 is 0 Å². The van der Waals surface area contributed by atoms with Gasteiger partial charge in [0.05, 0.1) is 36.7 Å². The molecule has 0 aromatic carbocycles. The number of hydrogen-bond donors (Lipinski definition) is 2. The highest BCUT2D eigenvalue weighted by molar-refractivity contribution is 7.12. The Morgan fingerprint density at radius 3 is 3.13 bits per heavy atom. The van der Waals surface area contributed by atoms with Crippen LogP contribution in [-0.4, -0.2) is 36.3 Å². The van der Waals surface area contributed by atoms with Crippen molar-refractivity contribution in [3.8, 4) is 0 Å². The first kappa shape index (κ1) is 15.9. The Hall–Kier alpha value is -1.96. The Kier molecular flexibility index (Phi) is 5.22. The van der Waals surface area contributed by atoms with Crippen molar-refractivity contribution in [2.24, 2.45) is 0 Å². The van der Waals surface area contributed by atoms with E-state index in [1.54, 1.807) is 17.6 Å². The minimum absolute atomic E-state index is 0.101. The van der Waals surface area contributed by atoms with E-state index < -0.39 is 0 Å². The van der Waals surface area contributed by atoms with Gasteiger partial charge in [-0.25, -0.2) is 0 Å². The predicted octanol–water partition coefficient (Wildman–Crippen LogP) is 1.83. The van der Waals surface area contributed by atoms with Gasteiger partial charge in [-0.15, -0.1) is 11.3 Å². The lowest BCUT2D eigenvalue weighted by atomic mass is 10.1. The van der Waals surface area contributed by atoms with Crippen LogP contribution in [0.4, 0.5) is 5.69 Å². The average molecular weight is 333 g/mol. The van der Waals surface area contributed by atoms with Gasteiger partial charge in [-0.2, -0.15) is 0 Å². The first-order valence-electron chi connectivity index (χ1n) is 7.47. The van der Waals surface area contributed by atoms with E-state index in [9.17, 15) is 4.79 Å². The van der Waals surface area contributed by atoms with E-state index in [0.29, 0.717) is 30.4 Å². The molecule has 0 bridgehead atoms. The molecular formula is C16H19N3O3S. The number of pyridine rings is 1. The number of rotatable bonds is 5. The van der Waals surface area contributed by atoms with Crippen LogP contribution >= 0.6 is 11.3 Å². The molecule has 6 nitrogen and oxygen atoms in total. The third-order valence-corrected chi connectivity index (χ3v) is 4.61. The molecule has 0 spiro atoms. The van der Waals surface area contributed by atoms with Crippen molar-refractivity contribution >= 4 is 22.9 Å². The molecule has 2 aromatic heterocycles. The van der Waals surface area contributed by atoms with E-state index in [2.05, 4.69) is 10.3 Å². The van der Waals surface area contributed by atoms with Crippen LogP contribution in [0.15, 0.2) is 35.8 Å². The van der Waals surface area contributed by atoms with Crippen molar-refractivity contribution in [1.29, 1.82) is 0 Å². The summed E-state index contributed by atoms with van der Waals surface area (Å²) in [6, 6.07) is 7.24. The topological polar surface area (TPSA) is 86.5 Å². The Balaban J connectivity index is 1.60. The molecule has 0 radical (unpaired) electrons. The molecule has 1 saturated heterocycles. The second-order valence-electron chi connectivity index (χ2n) is 5.32. The molecule has 0 aliphatic carbocycles. The van der Waals surface area contributed by atoms with E-state index in [0.717, 1.165) is 12.1 Å². The number of anilines is 1. The van der Waals surface area contributed by atoms with Crippen LogP contribution < -0.4 is 11.1 Å². The number of carbonyl (C=O) groups is 1. The van der Waals surface area contributed by atoms with Crippen molar-refractivity contribution in [3.63, 3.8) is 0 Å². The number of thiophene rings is 1. The van der Waals surface area contributed by atoms with Crippen LogP contribution in [0, 0.1) is 0 Å². The number of nitrogens with two attached hydrogens (primary N) is 1. The van der Waals surface area contributed by atoms with Gasteiger partial charge in [0.2, 0.25) is 0 Å². The molecule has 3 N–H and O–H groups in total. The Morgan fingerprint density at radius 2 is 2.39 bits per heavy atom. The van der Waals surface area contributed by atoms with Crippen molar-refractivity contribution < 1.29 is 14.3 Å². The van der Waals surface area contributed by atoms with E-state index in [1.807, 2.05) is 18.2 Å². The zero-order chi connectivity index (χ0) is 16.1. The van der Waals surface area contributed by atoms with Crippen LogP contribution in [0.2, 0.25) is 0 Å². The second-order valence-corrected chi connectivity index (χ2v) is 6.24. The fraction of sp³-hybridized carbons (Fsp3) is 0.375. The minimum atomic E-state index is -0.193. The summed E-state index contributed by atoms with van der Waals surface area (Å²) in [5, 5.41) is 4.77. The van der Waals surface area contributed by atoms with Crippen molar-refractivity contribution in [2.45, 2.75) is 25.2 Å². The van der Waals surface area contributed by atoms with Crippen molar-refractivity contribution in [3.05, 3.63) is 46.4 Å². The molecule has 1 aliphatic rings. The standard InChI is InChI=1S/C16H19N3O3S/c17-12-5-8-23-15(12)16(20)19-13-10-21-7-4-14(13)22-9-11-3-1-2-6-18-11/h1-3,5-6,8,13-14H,4,7,9-10,17H2,(H,19,20)/t13-,14-/m1/s1. The summed E-state index contributed by atoms with van der Waals surface area (Å²) in [5.74, 6) is -0.181. The van der Waals surface area contributed by atoms with E-state index in [-0.39, 0.29) is 18.1 Å². The molecule has 0 saturated carbocycles. The number of aromatic nitrogens is 1. The molecular weight excluding hydrogens is 314 g/mol. The summed E-state index contributed by atoms with van der Waals surface area (Å²) in [7, 11) is 0.